The highest BCUT2D eigenvalue weighted by Crippen LogP contribution is 2.44. The predicted octanol–water partition coefficient (Wildman–Crippen LogP) is 4.38. The van der Waals surface area contributed by atoms with Crippen LogP contribution in [0.25, 0.3) is 0 Å². The fourth-order valence-corrected chi connectivity index (χ4v) is 6.55. The molecule has 2 aliphatic rings. The quantitative estimate of drug-likeness (QED) is 0.262. The first-order valence-corrected chi connectivity index (χ1v) is 15.9. The Morgan fingerprint density at radius 1 is 1.10 bits per heavy atom. The van der Waals surface area contributed by atoms with Gasteiger partial charge in [-0.05, 0) is 67.7 Å². The largest absolute Gasteiger partial charge is 0.391 e. The summed E-state index contributed by atoms with van der Waals surface area (Å²) in [7, 11) is -3.49. The summed E-state index contributed by atoms with van der Waals surface area (Å²) in [5.41, 5.74) is 2.31. The van der Waals surface area contributed by atoms with Gasteiger partial charge in [0.1, 0.15) is 0 Å². The van der Waals surface area contributed by atoms with Gasteiger partial charge in [-0.3, -0.25) is 9.59 Å². The van der Waals surface area contributed by atoms with Crippen molar-refractivity contribution in [3.05, 3.63) is 89.5 Å². The lowest BCUT2D eigenvalue weighted by molar-refractivity contribution is -0.118. The minimum atomic E-state index is -3.49. The normalized spacial score (nSPS) is 22.0. The summed E-state index contributed by atoms with van der Waals surface area (Å²) < 4.78 is 24.0. The third-order valence-corrected chi connectivity index (χ3v) is 9.32. The van der Waals surface area contributed by atoms with Crippen molar-refractivity contribution in [2.24, 2.45) is 11.8 Å². The number of nitrogens with one attached hydrogen (secondary N) is 2. The van der Waals surface area contributed by atoms with Gasteiger partial charge in [0, 0.05) is 29.9 Å². The smallest absolute Gasteiger partial charge is 0.251 e. The average molecular weight is 565 g/mol. The number of benzene rings is 2. The highest BCUT2D eigenvalue weighted by Gasteiger charge is 2.40. The van der Waals surface area contributed by atoms with Crippen LogP contribution >= 0.6 is 0 Å². The topological polar surface area (TPSA) is 113 Å². The Morgan fingerprint density at radius 2 is 1.85 bits per heavy atom. The van der Waals surface area contributed by atoms with Gasteiger partial charge >= 0.3 is 0 Å². The number of sulfone groups is 1. The summed E-state index contributed by atoms with van der Waals surface area (Å²) in [6.45, 7) is 6.01. The Balaban J connectivity index is 1.54. The molecule has 0 heterocycles. The van der Waals surface area contributed by atoms with Crippen LogP contribution in [0.15, 0.2) is 83.3 Å². The van der Waals surface area contributed by atoms with E-state index in [1.807, 2.05) is 37.3 Å². The average Bonchev–Trinajstić information content (AvgIpc) is 3.56. The van der Waals surface area contributed by atoms with E-state index in [4.69, 9.17) is 0 Å². The molecule has 5 atom stereocenters. The Hall–Kier alpha value is -3.23. The zero-order valence-electron chi connectivity index (χ0n) is 23.3. The highest BCUT2D eigenvalue weighted by molar-refractivity contribution is 7.90. The van der Waals surface area contributed by atoms with Crippen molar-refractivity contribution in [2.45, 2.75) is 75.0 Å². The Morgan fingerprint density at radius 3 is 2.48 bits per heavy atom. The number of allylic oxidation sites excluding steroid dienone is 2. The van der Waals surface area contributed by atoms with Crippen LogP contribution in [-0.4, -0.2) is 49.8 Å². The first-order valence-electron chi connectivity index (χ1n) is 14.1. The Bertz CT molecular complexity index is 1370. The summed E-state index contributed by atoms with van der Waals surface area (Å²) in [5.74, 6) is 0.505. The molecule has 8 heteroatoms. The second-order valence-electron chi connectivity index (χ2n) is 11.3. The van der Waals surface area contributed by atoms with Crippen LogP contribution in [0, 0.1) is 11.8 Å². The molecule has 2 fully saturated rings. The molecule has 40 heavy (non-hydrogen) atoms. The van der Waals surface area contributed by atoms with Crippen molar-refractivity contribution >= 4 is 21.7 Å². The van der Waals surface area contributed by atoms with Gasteiger partial charge in [-0.15, -0.1) is 0 Å². The van der Waals surface area contributed by atoms with Gasteiger partial charge < -0.3 is 15.7 Å². The van der Waals surface area contributed by atoms with Crippen molar-refractivity contribution in [3.8, 4) is 0 Å². The molecule has 7 nitrogen and oxygen atoms in total. The van der Waals surface area contributed by atoms with E-state index in [-0.39, 0.29) is 28.8 Å². The maximum Gasteiger partial charge on any atom is 0.251 e. The van der Waals surface area contributed by atoms with Crippen LogP contribution in [0.2, 0.25) is 0 Å². The third-order valence-electron chi connectivity index (χ3n) is 8.21. The number of hydrogen-bond acceptors (Lipinski definition) is 5. The van der Waals surface area contributed by atoms with E-state index >= 15 is 0 Å². The summed E-state index contributed by atoms with van der Waals surface area (Å²) >= 11 is 0. The van der Waals surface area contributed by atoms with Crippen molar-refractivity contribution < 1.29 is 23.1 Å². The summed E-state index contributed by atoms with van der Waals surface area (Å²) in [6, 6.07) is 14.7. The van der Waals surface area contributed by atoms with Crippen molar-refractivity contribution in [1.82, 2.24) is 10.6 Å². The zero-order chi connectivity index (χ0) is 28.9. The monoisotopic (exact) mass is 564 g/mol. The maximum atomic E-state index is 13.4. The predicted molar refractivity (Wildman–Crippen MR) is 156 cm³/mol. The number of hydrogen-bond donors (Lipinski definition) is 3. The summed E-state index contributed by atoms with van der Waals surface area (Å²) in [5, 5.41) is 17.6. The Kier molecular flexibility index (Phi) is 9.64. The number of carbonyl (C=O) groups is 2. The third kappa shape index (κ3) is 7.70. The van der Waals surface area contributed by atoms with Crippen LogP contribution in [0.1, 0.15) is 61.4 Å². The van der Waals surface area contributed by atoms with Crippen LogP contribution in [0.5, 0.6) is 0 Å². The lowest BCUT2D eigenvalue weighted by atomic mass is 9.92. The minimum Gasteiger partial charge on any atom is -0.391 e. The first-order chi connectivity index (χ1) is 19.0. The molecule has 2 amide bonds. The molecule has 4 unspecified atom stereocenters. The molecule has 214 valence electrons. The standard InChI is InChI=1S/C32H40N2O5S/c1-4-21(2)15-26(32(37)33-28-18-23-13-14-24(28)16-23)20-30(35)29(17-22-9-6-5-7-10-22)34-31(36)25-11-8-12-27(19-25)40(3,38)39/h5-12,15,19,23-24,28-30,35H,2,4,13-14,16-18,20H2,1,3H3,(H,33,37)(H,34,36)/b26-15-/t23?,24?,28?,29-,30?/m0/s1. The summed E-state index contributed by atoms with van der Waals surface area (Å²) in [4.78, 5) is 26.7. The second kappa shape index (κ2) is 13.0. The molecule has 2 aromatic carbocycles. The molecule has 2 aliphatic carbocycles. The molecule has 0 radical (unpaired) electrons. The van der Waals surface area contributed by atoms with Crippen LogP contribution in [-0.2, 0) is 21.1 Å². The van der Waals surface area contributed by atoms with Gasteiger partial charge in [0.25, 0.3) is 5.91 Å². The van der Waals surface area contributed by atoms with Gasteiger partial charge in [-0.1, -0.05) is 68.0 Å². The number of carbonyl (C=O) groups excluding carboxylic acids is 2. The number of amides is 2. The maximum absolute atomic E-state index is 13.4. The van der Waals surface area contributed by atoms with Gasteiger partial charge in [-0.2, -0.15) is 0 Å². The lowest BCUT2D eigenvalue weighted by Gasteiger charge is -2.27. The summed E-state index contributed by atoms with van der Waals surface area (Å²) in [6.07, 6.45) is 7.34. The number of rotatable bonds is 12. The number of aliphatic hydroxyl groups is 1. The molecule has 3 N–H and O–H groups in total. The molecule has 0 saturated heterocycles. The van der Waals surface area contributed by atoms with Crippen molar-refractivity contribution in [3.63, 3.8) is 0 Å². The molecular formula is C32H40N2O5S. The molecule has 0 aliphatic heterocycles. The highest BCUT2D eigenvalue weighted by atomic mass is 32.2. The van der Waals surface area contributed by atoms with E-state index in [9.17, 15) is 23.1 Å². The molecule has 2 aromatic rings. The van der Waals surface area contributed by atoms with Gasteiger partial charge in [-0.25, -0.2) is 8.42 Å². The van der Waals surface area contributed by atoms with Gasteiger partial charge in [0.2, 0.25) is 5.91 Å². The molecule has 0 spiro atoms. The minimum absolute atomic E-state index is 0.0346. The van der Waals surface area contributed by atoms with Crippen molar-refractivity contribution in [2.75, 3.05) is 6.26 Å². The molecular weight excluding hydrogens is 524 g/mol. The fourth-order valence-electron chi connectivity index (χ4n) is 5.89. The van der Waals surface area contributed by atoms with Crippen LogP contribution < -0.4 is 10.6 Å². The lowest BCUT2D eigenvalue weighted by Crippen LogP contribution is -2.46. The van der Waals surface area contributed by atoms with E-state index in [0.717, 1.165) is 30.2 Å². The number of aliphatic hydroxyl groups excluding tert-OH is 1. The van der Waals surface area contributed by atoms with Gasteiger partial charge in [0.05, 0.1) is 17.0 Å². The van der Waals surface area contributed by atoms with E-state index < -0.39 is 27.9 Å². The SMILES string of the molecule is C=C(/C=C(/CC(O)[C@H](Cc1ccccc1)NC(=O)c1cccc(S(C)(=O)=O)c1)C(=O)NC1CC2CCC1C2)CC. The van der Waals surface area contributed by atoms with E-state index in [1.54, 1.807) is 6.08 Å². The molecule has 0 aromatic heterocycles. The molecule has 2 saturated carbocycles. The van der Waals surface area contributed by atoms with Crippen LogP contribution in [0.3, 0.4) is 0 Å². The number of fused-ring (bicyclic) bond motifs is 2. The fraction of sp³-hybridized carbons (Fsp3) is 0.438. The van der Waals surface area contributed by atoms with E-state index in [0.29, 0.717) is 30.3 Å². The van der Waals surface area contributed by atoms with Crippen molar-refractivity contribution in [1.29, 1.82) is 0 Å². The Labute approximate surface area is 237 Å². The molecule has 2 bridgehead atoms. The second-order valence-corrected chi connectivity index (χ2v) is 13.3. The first kappa shape index (κ1) is 29.7. The van der Waals surface area contributed by atoms with Gasteiger partial charge in [0.15, 0.2) is 9.84 Å². The van der Waals surface area contributed by atoms with E-state index in [2.05, 4.69) is 17.2 Å². The van der Waals surface area contributed by atoms with Crippen LogP contribution in [0.4, 0.5) is 0 Å². The zero-order valence-corrected chi connectivity index (χ0v) is 24.1. The van der Waals surface area contributed by atoms with E-state index in [1.165, 1.54) is 37.1 Å². The molecule has 4 rings (SSSR count).